The van der Waals surface area contributed by atoms with E-state index in [4.69, 9.17) is 4.74 Å². The smallest absolute Gasteiger partial charge is 0.311 e. The van der Waals surface area contributed by atoms with E-state index in [1.165, 1.54) is 36.4 Å². The van der Waals surface area contributed by atoms with Crippen molar-refractivity contribution in [3.63, 3.8) is 0 Å². The lowest BCUT2D eigenvalue weighted by molar-refractivity contribution is -0.385. The topological polar surface area (TPSA) is 125 Å². The van der Waals surface area contributed by atoms with E-state index in [0.29, 0.717) is 0 Å². The zero-order valence-corrected chi connectivity index (χ0v) is 12.6. The number of carbonyl (C=O) groups is 1. The van der Waals surface area contributed by atoms with Gasteiger partial charge < -0.3 is 10.1 Å². The molecule has 0 aliphatic carbocycles. The van der Waals surface area contributed by atoms with Crippen LogP contribution in [-0.2, 0) is 0 Å². The first-order valence-corrected chi connectivity index (χ1v) is 6.89. The van der Waals surface area contributed by atoms with Crippen LogP contribution in [0.25, 0.3) is 0 Å². The van der Waals surface area contributed by atoms with E-state index in [-0.39, 0.29) is 35.0 Å². The van der Waals surface area contributed by atoms with Gasteiger partial charge in [-0.25, -0.2) is 0 Å². The molecule has 0 radical (unpaired) electrons. The van der Waals surface area contributed by atoms with Crippen LogP contribution in [0.15, 0.2) is 42.5 Å². The summed E-state index contributed by atoms with van der Waals surface area (Å²) in [6.07, 6.45) is 0. The Morgan fingerprint density at radius 2 is 1.88 bits per heavy atom. The molecule has 9 heteroatoms. The Labute approximate surface area is 136 Å². The minimum Gasteiger partial charge on any atom is -0.487 e. The minimum absolute atomic E-state index is 0.0386. The third-order valence-electron chi connectivity index (χ3n) is 3.03. The zero-order valence-electron chi connectivity index (χ0n) is 12.6. The highest BCUT2D eigenvalue weighted by Gasteiger charge is 2.19. The number of nitro groups is 2. The molecule has 2 rings (SSSR count). The molecule has 2 aromatic rings. The van der Waals surface area contributed by atoms with Crippen LogP contribution >= 0.6 is 0 Å². The standard InChI is InChI=1S/C15H13N3O6/c1-2-24-14-7-6-10(8-13(14)18(22)23)15(19)16-11-4-3-5-12(9-11)17(20)21/h3-9H,2H2,1H3,(H,16,19). The average molecular weight is 331 g/mol. The third kappa shape index (κ3) is 3.83. The Morgan fingerprint density at radius 1 is 1.12 bits per heavy atom. The number of hydrogen-bond acceptors (Lipinski definition) is 6. The van der Waals surface area contributed by atoms with Crippen molar-refractivity contribution in [2.24, 2.45) is 0 Å². The van der Waals surface area contributed by atoms with E-state index >= 15 is 0 Å². The molecule has 1 N–H and O–H groups in total. The van der Waals surface area contributed by atoms with Gasteiger partial charge in [0.2, 0.25) is 0 Å². The molecule has 0 spiro atoms. The lowest BCUT2D eigenvalue weighted by Gasteiger charge is -2.07. The van der Waals surface area contributed by atoms with E-state index in [1.807, 2.05) is 0 Å². The number of anilines is 1. The summed E-state index contributed by atoms with van der Waals surface area (Å²) in [6, 6.07) is 9.20. The predicted molar refractivity (Wildman–Crippen MR) is 85.3 cm³/mol. The van der Waals surface area contributed by atoms with Crippen molar-refractivity contribution in [2.45, 2.75) is 6.92 Å². The fourth-order valence-corrected chi connectivity index (χ4v) is 1.98. The molecule has 0 unspecified atom stereocenters. The number of nitrogens with one attached hydrogen (secondary N) is 1. The van der Waals surface area contributed by atoms with Crippen LogP contribution in [0.1, 0.15) is 17.3 Å². The van der Waals surface area contributed by atoms with Gasteiger partial charge in [-0.2, -0.15) is 0 Å². The van der Waals surface area contributed by atoms with Crippen molar-refractivity contribution < 1.29 is 19.4 Å². The molecule has 24 heavy (non-hydrogen) atoms. The normalized spacial score (nSPS) is 10.0. The largest absolute Gasteiger partial charge is 0.487 e. The van der Waals surface area contributed by atoms with E-state index in [1.54, 1.807) is 6.92 Å². The minimum atomic E-state index is -0.644. The molecule has 0 bridgehead atoms. The van der Waals surface area contributed by atoms with Gasteiger partial charge >= 0.3 is 5.69 Å². The van der Waals surface area contributed by atoms with Gasteiger partial charge in [-0.1, -0.05) is 6.07 Å². The van der Waals surface area contributed by atoms with Gasteiger partial charge in [0.25, 0.3) is 11.6 Å². The van der Waals surface area contributed by atoms with Gasteiger partial charge in [0.1, 0.15) is 0 Å². The van der Waals surface area contributed by atoms with Crippen molar-refractivity contribution >= 4 is 23.0 Å². The first-order chi connectivity index (χ1) is 11.4. The SMILES string of the molecule is CCOc1ccc(C(=O)Nc2cccc([N+](=O)[O-])c2)cc1[N+](=O)[O-]. The highest BCUT2D eigenvalue weighted by Crippen LogP contribution is 2.28. The van der Waals surface area contributed by atoms with Gasteiger partial charge in [-0.15, -0.1) is 0 Å². The number of hydrogen-bond donors (Lipinski definition) is 1. The Balaban J connectivity index is 2.26. The molecule has 0 fully saturated rings. The van der Waals surface area contributed by atoms with Crippen LogP contribution in [0.3, 0.4) is 0 Å². The van der Waals surface area contributed by atoms with Crippen molar-refractivity contribution in [3.8, 4) is 5.75 Å². The van der Waals surface area contributed by atoms with Crippen LogP contribution in [0.4, 0.5) is 17.1 Å². The molecule has 0 aromatic heterocycles. The fourth-order valence-electron chi connectivity index (χ4n) is 1.98. The summed E-state index contributed by atoms with van der Waals surface area (Å²) < 4.78 is 5.15. The Hall–Kier alpha value is -3.49. The average Bonchev–Trinajstić information content (AvgIpc) is 2.55. The van der Waals surface area contributed by atoms with Gasteiger partial charge in [0, 0.05) is 29.4 Å². The molecule has 0 atom stereocenters. The number of amides is 1. The van der Waals surface area contributed by atoms with Crippen LogP contribution in [0.2, 0.25) is 0 Å². The fraction of sp³-hybridized carbons (Fsp3) is 0.133. The van der Waals surface area contributed by atoms with Gasteiger partial charge in [-0.3, -0.25) is 25.0 Å². The van der Waals surface area contributed by atoms with Crippen LogP contribution < -0.4 is 10.1 Å². The summed E-state index contributed by atoms with van der Waals surface area (Å²) in [4.78, 5) is 32.8. The van der Waals surface area contributed by atoms with Crippen molar-refractivity contribution in [2.75, 3.05) is 11.9 Å². The first kappa shape index (κ1) is 16.9. The lowest BCUT2D eigenvalue weighted by atomic mass is 10.1. The molecule has 1 amide bonds. The second-order valence-corrected chi connectivity index (χ2v) is 4.63. The molecule has 0 saturated carbocycles. The maximum absolute atomic E-state index is 12.2. The van der Waals surface area contributed by atoms with Crippen molar-refractivity contribution in [3.05, 3.63) is 68.3 Å². The van der Waals surface area contributed by atoms with Crippen LogP contribution in [-0.4, -0.2) is 22.4 Å². The number of nitro benzene ring substituents is 2. The van der Waals surface area contributed by atoms with Gasteiger partial charge in [-0.05, 0) is 25.1 Å². The monoisotopic (exact) mass is 331 g/mol. The molecular formula is C15H13N3O6. The number of nitrogens with zero attached hydrogens (tertiary/aromatic N) is 2. The zero-order chi connectivity index (χ0) is 17.7. The van der Waals surface area contributed by atoms with E-state index in [2.05, 4.69) is 5.32 Å². The summed E-state index contributed by atoms with van der Waals surface area (Å²) in [5.74, 6) is -0.559. The molecule has 0 saturated heterocycles. The number of non-ortho nitro benzene ring substituents is 1. The van der Waals surface area contributed by atoms with Gasteiger partial charge in [0.15, 0.2) is 5.75 Å². The molecule has 0 aliphatic heterocycles. The second-order valence-electron chi connectivity index (χ2n) is 4.63. The first-order valence-electron chi connectivity index (χ1n) is 6.89. The quantitative estimate of drug-likeness (QED) is 0.640. The Kier molecular flexibility index (Phi) is 5.05. The summed E-state index contributed by atoms with van der Waals surface area (Å²) in [7, 11) is 0. The molecular weight excluding hydrogens is 318 g/mol. The molecule has 0 aliphatic rings. The second kappa shape index (κ2) is 7.18. The van der Waals surface area contributed by atoms with Crippen LogP contribution in [0, 0.1) is 20.2 Å². The molecule has 2 aromatic carbocycles. The highest BCUT2D eigenvalue weighted by atomic mass is 16.6. The predicted octanol–water partition coefficient (Wildman–Crippen LogP) is 3.15. The third-order valence-corrected chi connectivity index (χ3v) is 3.03. The van der Waals surface area contributed by atoms with E-state index in [0.717, 1.165) is 6.07 Å². The summed E-state index contributed by atoms with van der Waals surface area (Å²) >= 11 is 0. The maximum atomic E-state index is 12.2. The summed E-state index contributed by atoms with van der Waals surface area (Å²) in [6.45, 7) is 1.94. The number of benzene rings is 2. The van der Waals surface area contributed by atoms with E-state index < -0.39 is 15.8 Å². The Bertz CT molecular complexity index is 806. The summed E-state index contributed by atoms with van der Waals surface area (Å²) in [5, 5.41) is 24.3. The van der Waals surface area contributed by atoms with Crippen LogP contribution in [0.5, 0.6) is 5.75 Å². The van der Waals surface area contributed by atoms with Crippen molar-refractivity contribution in [1.29, 1.82) is 0 Å². The van der Waals surface area contributed by atoms with E-state index in [9.17, 15) is 25.0 Å². The molecule has 0 heterocycles. The number of ether oxygens (including phenoxy) is 1. The lowest BCUT2D eigenvalue weighted by Crippen LogP contribution is -2.12. The number of carbonyl (C=O) groups excluding carboxylic acids is 1. The Morgan fingerprint density at radius 3 is 2.50 bits per heavy atom. The summed E-state index contributed by atoms with van der Waals surface area (Å²) in [5.41, 5.74) is -0.253. The van der Waals surface area contributed by atoms with Crippen molar-refractivity contribution in [1.82, 2.24) is 0 Å². The molecule has 124 valence electrons. The molecule has 9 nitrogen and oxygen atoms in total. The number of rotatable bonds is 6. The maximum Gasteiger partial charge on any atom is 0.311 e. The highest BCUT2D eigenvalue weighted by molar-refractivity contribution is 6.05. The van der Waals surface area contributed by atoms with Gasteiger partial charge in [0.05, 0.1) is 16.5 Å².